The predicted octanol–water partition coefficient (Wildman–Crippen LogP) is 2.87. The minimum Gasteiger partial charge on any atom is -0.298 e. The van der Waals surface area contributed by atoms with Crippen molar-refractivity contribution in [1.29, 1.82) is 0 Å². The first kappa shape index (κ1) is 8.52. The minimum atomic E-state index is 0.724. The summed E-state index contributed by atoms with van der Waals surface area (Å²) in [5.74, 6) is 0. The average Bonchev–Trinajstić information content (AvgIpc) is 2.16. The molecule has 0 saturated carbocycles. The molecule has 0 aliphatic heterocycles. The first-order valence-corrected chi connectivity index (χ1v) is 4.61. The summed E-state index contributed by atoms with van der Waals surface area (Å²) in [7, 11) is 0. The molecule has 1 nitrogen and oxygen atoms in total. The molecule has 2 heteroatoms. The summed E-state index contributed by atoms with van der Waals surface area (Å²) >= 11 is 5.85. The largest absolute Gasteiger partial charge is 0.298 e. The molecule has 0 amide bonds. The maximum atomic E-state index is 10.6. The van der Waals surface area contributed by atoms with E-state index in [2.05, 4.69) is 0 Å². The van der Waals surface area contributed by atoms with Crippen molar-refractivity contribution in [3.63, 3.8) is 0 Å². The summed E-state index contributed by atoms with van der Waals surface area (Å²) in [5.41, 5.74) is 3.21. The zero-order valence-corrected chi connectivity index (χ0v) is 7.84. The quantitative estimate of drug-likeness (QED) is 0.626. The summed E-state index contributed by atoms with van der Waals surface area (Å²) in [5, 5.41) is 0.724. The van der Waals surface area contributed by atoms with Crippen molar-refractivity contribution < 1.29 is 4.79 Å². The van der Waals surface area contributed by atoms with E-state index in [1.165, 1.54) is 5.56 Å². The smallest absolute Gasteiger partial charge is 0.146 e. The molecule has 2 rings (SSSR count). The van der Waals surface area contributed by atoms with Crippen LogP contribution in [-0.2, 0) is 11.2 Å². The molecule has 0 bridgehead atoms. The molecule has 0 saturated heterocycles. The molecule has 0 unspecified atom stereocenters. The van der Waals surface area contributed by atoms with Crippen molar-refractivity contribution in [2.45, 2.75) is 12.8 Å². The van der Waals surface area contributed by atoms with E-state index in [1.54, 1.807) is 0 Å². The van der Waals surface area contributed by atoms with Crippen molar-refractivity contribution in [2.75, 3.05) is 0 Å². The summed E-state index contributed by atoms with van der Waals surface area (Å²) in [4.78, 5) is 10.6. The summed E-state index contributed by atoms with van der Waals surface area (Å²) in [6.45, 7) is 0. The molecule has 66 valence electrons. The Hall–Kier alpha value is -1.08. The van der Waals surface area contributed by atoms with Crippen LogP contribution in [0.25, 0.3) is 6.08 Å². The van der Waals surface area contributed by atoms with E-state index in [1.807, 2.05) is 24.3 Å². The van der Waals surface area contributed by atoms with Gasteiger partial charge in [-0.2, -0.15) is 0 Å². The lowest BCUT2D eigenvalue weighted by molar-refractivity contribution is -0.105. The highest BCUT2D eigenvalue weighted by Gasteiger charge is 2.09. The van der Waals surface area contributed by atoms with Crippen LogP contribution >= 0.6 is 11.6 Å². The van der Waals surface area contributed by atoms with Crippen molar-refractivity contribution in [3.8, 4) is 0 Å². The Kier molecular flexibility index (Phi) is 2.19. The van der Waals surface area contributed by atoms with Gasteiger partial charge in [0.05, 0.1) is 0 Å². The third-order valence-corrected chi connectivity index (χ3v) is 2.52. The Morgan fingerprint density at radius 3 is 2.92 bits per heavy atom. The van der Waals surface area contributed by atoms with Crippen LogP contribution < -0.4 is 0 Å². The summed E-state index contributed by atoms with van der Waals surface area (Å²) < 4.78 is 0. The van der Waals surface area contributed by atoms with E-state index in [0.29, 0.717) is 0 Å². The molecule has 0 aromatic heterocycles. The first-order chi connectivity index (χ1) is 6.29. The second-order valence-corrected chi connectivity index (χ2v) is 3.62. The zero-order chi connectivity index (χ0) is 9.26. The summed E-state index contributed by atoms with van der Waals surface area (Å²) in [6.07, 6.45) is 4.62. The van der Waals surface area contributed by atoms with Gasteiger partial charge in [-0.15, -0.1) is 0 Å². The average molecular weight is 193 g/mol. The van der Waals surface area contributed by atoms with E-state index in [-0.39, 0.29) is 0 Å². The van der Waals surface area contributed by atoms with Crippen LogP contribution in [0.15, 0.2) is 23.8 Å². The molecule has 1 aromatic carbocycles. The highest BCUT2D eigenvalue weighted by molar-refractivity contribution is 6.30. The van der Waals surface area contributed by atoms with E-state index in [4.69, 9.17) is 11.6 Å². The molecule has 0 N–H and O–H groups in total. The second-order valence-electron chi connectivity index (χ2n) is 3.18. The number of hydrogen-bond acceptors (Lipinski definition) is 1. The van der Waals surface area contributed by atoms with E-state index in [0.717, 1.165) is 35.3 Å². The number of rotatable bonds is 1. The van der Waals surface area contributed by atoms with Gasteiger partial charge in [0.2, 0.25) is 0 Å². The van der Waals surface area contributed by atoms with Crippen molar-refractivity contribution in [1.82, 2.24) is 0 Å². The van der Waals surface area contributed by atoms with Gasteiger partial charge in [0.1, 0.15) is 6.29 Å². The normalized spacial score (nSPS) is 14.7. The Morgan fingerprint density at radius 2 is 2.15 bits per heavy atom. The lowest BCUT2D eigenvalue weighted by Crippen LogP contribution is -1.99. The number of benzene rings is 1. The van der Waals surface area contributed by atoms with E-state index < -0.39 is 0 Å². The van der Waals surface area contributed by atoms with Gasteiger partial charge in [-0.3, -0.25) is 4.79 Å². The highest BCUT2D eigenvalue weighted by Crippen LogP contribution is 2.25. The summed E-state index contributed by atoms with van der Waals surface area (Å²) in [6, 6.07) is 5.81. The van der Waals surface area contributed by atoms with E-state index >= 15 is 0 Å². The van der Waals surface area contributed by atoms with E-state index in [9.17, 15) is 4.79 Å². The molecule has 0 fully saturated rings. The first-order valence-electron chi connectivity index (χ1n) is 4.24. The minimum absolute atomic E-state index is 0.724. The molecule has 0 heterocycles. The number of hydrogen-bond donors (Lipinski definition) is 0. The third kappa shape index (κ3) is 1.65. The fourth-order valence-electron chi connectivity index (χ4n) is 1.57. The van der Waals surface area contributed by atoms with Crippen LogP contribution in [0.4, 0.5) is 0 Å². The van der Waals surface area contributed by atoms with Gasteiger partial charge in [0, 0.05) is 5.02 Å². The maximum absolute atomic E-state index is 10.6. The lowest BCUT2D eigenvalue weighted by atomic mass is 9.93. The number of allylic oxidation sites excluding steroid dienone is 1. The molecular formula is C11H9ClO. The second kappa shape index (κ2) is 3.35. The molecule has 0 atom stereocenters. The molecular weight excluding hydrogens is 184 g/mol. The van der Waals surface area contributed by atoms with Gasteiger partial charge >= 0.3 is 0 Å². The molecule has 1 aliphatic rings. The predicted molar refractivity (Wildman–Crippen MR) is 53.8 cm³/mol. The Labute approximate surface area is 82.0 Å². The topological polar surface area (TPSA) is 17.1 Å². The highest BCUT2D eigenvalue weighted by atomic mass is 35.5. The fraction of sp³-hybridized carbons (Fsp3) is 0.182. The number of carbonyl (C=O) groups is 1. The fourth-order valence-corrected chi connectivity index (χ4v) is 1.75. The van der Waals surface area contributed by atoms with Crippen molar-refractivity contribution >= 4 is 24.0 Å². The standard InChI is InChI=1S/C11H9ClO/c12-11-4-3-9-2-1-8(7-13)5-10(9)6-11/h3-7H,1-2H2. The number of halogens is 1. The van der Waals surface area contributed by atoms with Crippen LogP contribution in [0.3, 0.4) is 0 Å². The number of aryl methyl sites for hydroxylation is 1. The van der Waals surface area contributed by atoms with Crippen LogP contribution in [0.2, 0.25) is 5.02 Å². The number of fused-ring (bicyclic) bond motifs is 1. The maximum Gasteiger partial charge on any atom is 0.146 e. The van der Waals surface area contributed by atoms with Crippen LogP contribution in [-0.4, -0.2) is 6.29 Å². The number of aldehydes is 1. The van der Waals surface area contributed by atoms with Gasteiger partial charge in [0.15, 0.2) is 0 Å². The van der Waals surface area contributed by atoms with Crippen LogP contribution in [0.5, 0.6) is 0 Å². The molecule has 1 aromatic rings. The third-order valence-electron chi connectivity index (χ3n) is 2.28. The molecule has 13 heavy (non-hydrogen) atoms. The zero-order valence-electron chi connectivity index (χ0n) is 7.09. The van der Waals surface area contributed by atoms with Crippen LogP contribution in [0.1, 0.15) is 17.5 Å². The van der Waals surface area contributed by atoms with Gasteiger partial charge in [-0.1, -0.05) is 17.7 Å². The van der Waals surface area contributed by atoms with Crippen molar-refractivity contribution in [3.05, 3.63) is 39.9 Å². The molecule has 0 spiro atoms. The van der Waals surface area contributed by atoms with Gasteiger partial charge < -0.3 is 0 Å². The number of carbonyl (C=O) groups excluding carboxylic acids is 1. The van der Waals surface area contributed by atoms with Gasteiger partial charge in [-0.25, -0.2) is 0 Å². The molecule has 0 radical (unpaired) electrons. The monoisotopic (exact) mass is 192 g/mol. The lowest BCUT2D eigenvalue weighted by Gasteiger charge is -2.12. The van der Waals surface area contributed by atoms with Gasteiger partial charge in [0.25, 0.3) is 0 Å². The Balaban J connectivity index is 2.49. The van der Waals surface area contributed by atoms with Crippen molar-refractivity contribution in [2.24, 2.45) is 0 Å². The molecule has 1 aliphatic carbocycles. The van der Waals surface area contributed by atoms with Gasteiger partial charge in [-0.05, 0) is 47.8 Å². The Bertz CT molecular complexity index is 380. The Morgan fingerprint density at radius 1 is 1.31 bits per heavy atom. The SMILES string of the molecule is O=CC1=Cc2cc(Cl)ccc2CC1. The van der Waals surface area contributed by atoms with Crippen LogP contribution in [0, 0.1) is 0 Å².